The minimum atomic E-state index is -1.26. The SMILES string of the molecule is CC(C)C1=C(c2cccc3sccc23)N2CCN=C2S1.O=C(O)C=CC(=O)O. The van der Waals surface area contributed by atoms with Gasteiger partial charge in [-0.15, -0.1) is 11.3 Å². The van der Waals surface area contributed by atoms with E-state index in [1.54, 1.807) is 0 Å². The normalized spacial score (nSPS) is 15.8. The highest BCUT2D eigenvalue weighted by atomic mass is 32.2. The monoisotopic (exact) mass is 416 g/mol. The highest BCUT2D eigenvalue weighted by molar-refractivity contribution is 8.17. The molecule has 0 amide bonds. The second kappa shape index (κ2) is 8.62. The average Bonchev–Trinajstić information content (AvgIpc) is 3.35. The largest absolute Gasteiger partial charge is 0.478 e. The molecule has 0 saturated heterocycles. The number of carboxylic acid groups (broad SMARTS) is 2. The number of thioether (sulfide) groups is 1. The maximum absolute atomic E-state index is 9.55. The van der Waals surface area contributed by atoms with E-state index in [0.29, 0.717) is 18.1 Å². The van der Waals surface area contributed by atoms with E-state index in [1.807, 2.05) is 23.1 Å². The van der Waals surface area contributed by atoms with Gasteiger partial charge in [-0.05, 0) is 23.4 Å². The topological polar surface area (TPSA) is 90.2 Å². The summed E-state index contributed by atoms with van der Waals surface area (Å²) in [6, 6.07) is 8.89. The Morgan fingerprint density at radius 1 is 1.18 bits per heavy atom. The number of fused-ring (bicyclic) bond motifs is 2. The first-order valence-electron chi connectivity index (χ1n) is 8.73. The van der Waals surface area contributed by atoms with Crippen LogP contribution in [0.2, 0.25) is 0 Å². The highest BCUT2D eigenvalue weighted by Gasteiger charge is 2.34. The maximum Gasteiger partial charge on any atom is 0.328 e. The van der Waals surface area contributed by atoms with E-state index in [2.05, 4.69) is 53.4 Å². The van der Waals surface area contributed by atoms with E-state index in [4.69, 9.17) is 10.2 Å². The molecule has 1 aromatic heterocycles. The predicted molar refractivity (Wildman–Crippen MR) is 115 cm³/mol. The van der Waals surface area contributed by atoms with Gasteiger partial charge in [0, 0.05) is 39.3 Å². The Labute approximate surface area is 170 Å². The van der Waals surface area contributed by atoms with E-state index in [0.717, 1.165) is 13.1 Å². The summed E-state index contributed by atoms with van der Waals surface area (Å²) < 4.78 is 1.37. The molecule has 2 aliphatic rings. The highest BCUT2D eigenvalue weighted by Crippen LogP contribution is 2.46. The lowest BCUT2D eigenvalue weighted by Gasteiger charge is -2.19. The van der Waals surface area contributed by atoms with Crippen molar-refractivity contribution in [2.75, 3.05) is 13.1 Å². The lowest BCUT2D eigenvalue weighted by atomic mass is 10.0. The zero-order chi connectivity index (χ0) is 20.3. The van der Waals surface area contributed by atoms with Gasteiger partial charge in [-0.3, -0.25) is 4.99 Å². The summed E-state index contributed by atoms with van der Waals surface area (Å²) in [5.74, 6) is -1.98. The molecule has 0 radical (unpaired) electrons. The first kappa shape index (κ1) is 20.2. The van der Waals surface area contributed by atoms with Gasteiger partial charge in [-0.25, -0.2) is 9.59 Å². The Morgan fingerprint density at radius 3 is 2.54 bits per heavy atom. The van der Waals surface area contributed by atoms with Crippen molar-refractivity contribution >= 4 is 56.0 Å². The van der Waals surface area contributed by atoms with Crippen molar-refractivity contribution in [3.05, 3.63) is 52.3 Å². The molecular formula is C20H20N2O4S2. The fourth-order valence-corrected chi connectivity index (χ4v) is 5.02. The first-order valence-corrected chi connectivity index (χ1v) is 10.4. The number of nitrogens with zero attached hydrogens (tertiary/aromatic N) is 2. The van der Waals surface area contributed by atoms with Gasteiger partial charge in [0.1, 0.15) is 0 Å². The zero-order valence-corrected chi connectivity index (χ0v) is 17.1. The number of carboxylic acids is 2. The Bertz CT molecular complexity index is 989. The van der Waals surface area contributed by atoms with E-state index >= 15 is 0 Å². The van der Waals surface area contributed by atoms with Crippen LogP contribution in [0.15, 0.2) is 51.7 Å². The van der Waals surface area contributed by atoms with Gasteiger partial charge in [0.25, 0.3) is 0 Å². The summed E-state index contributed by atoms with van der Waals surface area (Å²) in [4.78, 5) is 27.6. The molecule has 146 valence electrons. The molecule has 0 saturated carbocycles. The standard InChI is InChI=1S/C16H16N2S2.C4H4O4/c1-10(2)15-14(18-8-7-17-16(18)20-15)12-4-3-5-13-11(12)6-9-19-13;5-3(6)1-2-4(7)8/h3-6,9-10H,7-8H2,1-2H3;1-2H,(H,5,6)(H,7,8). The summed E-state index contributed by atoms with van der Waals surface area (Å²) in [7, 11) is 0. The Kier molecular flexibility index (Phi) is 6.21. The Balaban J connectivity index is 0.000000242. The molecule has 0 bridgehead atoms. The van der Waals surface area contributed by atoms with Crippen LogP contribution in [-0.2, 0) is 9.59 Å². The molecular weight excluding hydrogens is 396 g/mol. The van der Waals surface area contributed by atoms with Crippen molar-refractivity contribution in [1.82, 2.24) is 4.90 Å². The van der Waals surface area contributed by atoms with Crippen LogP contribution in [0.3, 0.4) is 0 Å². The number of carbonyl (C=O) groups is 2. The third-order valence-electron chi connectivity index (χ3n) is 4.15. The first-order chi connectivity index (χ1) is 13.4. The van der Waals surface area contributed by atoms with Crippen LogP contribution in [-0.4, -0.2) is 45.3 Å². The van der Waals surface area contributed by atoms with Crippen LogP contribution in [0, 0.1) is 5.92 Å². The van der Waals surface area contributed by atoms with E-state index in [1.165, 1.54) is 31.4 Å². The second-order valence-corrected chi connectivity index (χ2v) is 8.39. The van der Waals surface area contributed by atoms with Gasteiger partial charge in [0.05, 0.1) is 12.2 Å². The lowest BCUT2D eigenvalue weighted by molar-refractivity contribution is -0.134. The maximum atomic E-state index is 9.55. The Morgan fingerprint density at radius 2 is 1.89 bits per heavy atom. The molecule has 8 heteroatoms. The van der Waals surface area contributed by atoms with E-state index < -0.39 is 11.9 Å². The molecule has 2 N–H and O–H groups in total. The van der Waals surface area contributed by atoms with Gasteiger partial charge in [0.15, 0.2) is 5.17 Å². The average molecular weight is 417 g/mol. The summed E-state index contributed by atoms with van der Waals surface area (Å²) in [5, 5.41) is 20.4. The third-order valence-corrected chi connectivity index (χ3v) is 6.45. The molecule has 0 fully saturated rings. The number of hydrogen-bond donors (Lipinski definition) is 2. The van der Waals surface area contributed by atoms with Gasteiger partial charge in [-0.1, -0.05) is 37.7 Å². The van der Waals surface area contributed by atoms with Crippen molar-refractivity contribution < 1.29 is 19.8 Å². The predicted octanol–water partition coefficient (Wildman–Crippen LogP) is 4.36. The van der Waals surface area contributed by atoms with Gasteiger partial charge < -0.3 is 15.1 Å². The van der Waals surface area contributed by atoms with Crippen molar-refractivity contribution in [2.45, 2.75) is 13.8 Å². The Hall–Kier alpha value is -2.58. The molecule has 0 atom stereocenters. The summed E-state index contributed by atoms with van der Waals surface area (Å²) in [6.07, 6.45) is 1.12. The quantitative estimate of drug-likeness (QED) is 0.720. The van der Waals surface area contributed by atoms with E-state index in [-0.39, 0.29) is 0 Å². The smallest absolute Gasteiger partial charge is 0.328 e. The van der Waals surface area contributed by atoms with Crippen LogP contribution < -0.4 is 0 Å². The third kappa shape index (κ3) is 4.28. The van der Waals surface area contributed by atoms with Gasteiger partial charge in [0.2, 0.25) is 0 Å². The number of thiophene rings is 1. The number of aliphatic imine (C=N–C) groups is 1. The number of aliphatic carboxylic acids is 2. The van der Waals surface area contributed by atoms with Gasteiger partial charge >= 0.3 is 11.9 Å². The molecule has 0 spiro atoms. The summed E-state index contributed by atoms with van der Waals surface area (Å²) in [5.41, 5.74) is 2.76. The minimum absolute atomic E-state index is 0.539. The molecule has 0 unspecified atom stereocenters. The summed E-state index contributed by atoms with van der Waals surface area (Å²) >= 11 is 3.68. The van der Waals surface area contributed by atoms with Crippen LogP contribution in [0.1, 0.15) is 19.4 Å². The van der Waals surface area contributed by atoms with Crippen LogP contribution >= 0.6 is 23.1 Å². The molecule has 6 nitrogen and oxygen atoms in total. The molecule has 1 aromatic carbocycles. The molecule has 4 rings (SSSR count). The van der Waals surface area contributed by atoms with Crippen molar-refractivity contribution in [3.63, 3.8) is 0 Å². The molecule has 2 aliphatic heterocycles. The van der Waals surface area contributed by atoms with E-state index in [9.17, 15) is 9.59 Å². The second-order valence-electron chi connectivity index (χ2n) is 6.43. The molecule has 3 heterocycles. The van der Waals surface area contributed by atoms with Crippen LogP contribution in [0.4, 0.5) is 0 Å². The van der Waals surface area contributed by atoms with Crippen molar-refractivity contribution in [3.8, 4) is 0 Å². The number of allylic oxidation sites excluding steroid dienone is 1. The lowest BCUT2D eigenvalue weighted by Crippen LogP contribution is -2.20. The number of benzene rings is 1. The zero-order valence-electron chi connectivity index (χ0n) is 15.5. The van der Waals surface area contributed by atoms with Gasteiger partial charge in [-0.2, -0.15) is 0 Å². The molecule has 2 aromatic rings. The van der Waals surface area contributed by atoms with Crippen LogP contribution in [0.5, 0.6) is 0 Å². The molecule has 0 aliphatic carbocycles. The fraction of sp³-hybridized carbons (Fsp3) is 0.250. The number of amidine groups is 1. The number of rotatable bonds is 4. The van der Waals surface area contributed by atoms with Crippen molar-refractivity contribution in [2.24, 2.45) is 10.9 Å². The fourth-order valence-electron chi connectivity index (χ4n) is 3.01. The summed E-state index contributed by atoms with van der Waals surface area (Å²) in [6.45, 7) is 6.50. The van der Waals surface area contributed by atoms with Crippen molar-refractivity contribution in [1.29, 1.82) is 0 Å². The molecule has 28 heavy (non-hydrogen) atoms. The van der Waals surface area contributed by atoms with Crippen LogP contribution in [0.25, 0.3) is 15.8 Å². The number of hydrogen-bond acceptors (Lipinski definition) is 6. The minimum Gasteiger partial charge on any atom is -0.478 e.